The van der Waals surface area contributed by atoms with Gasteiger partial charge in [0.25, 0.3) is 5.91 Å². The van der Waals surface area contributed by atoms with Gasteiger partial charge >= 0.3 is 0 Å². The molecule has 1 aliphatic heterocycles. The zero-order chi connectivity index (χ0) is 27.5. The lowest BCUT2D eigenvalue weighted by Gasteiger charge is -2.47. The van der Waals surface area contributed by atoms with Crippen LogP contribution in [0.25, 0.3) is 11.0 Å². The Morgan fingerprint density at radius 1 is 1.08 bits per heavy atom. The van der Waals surface area contributed by atoms with E-state index in [1.807, 2.05) is 60.1 Å². The highest BCUT2D eigenvalue weighted by molar-refractivity contribution is 6.06. The van der Waals surface area contributed by atoms with Crippen LogP contribution in [-0.4, -0.2) is 69.0 Å². The first-order valence-corrected chi connectivity index (χ1v) is 13.5. The number of carbonyl (C=O) groups is 1. The molecule has 1 amide bonds. The monoisotopic (exact) mass is 526 g/mol. The summed E-state index contributed by atoms with van der Waals surface area (Å²) in [5, 5.41) is 9.06. The summed E-state index contributed by atoms with van der Waals surface area (Å²) in [6.45, 7) is 13.3. The van der Waals surface area contributed by atoms with E-state index in [1.165, 1.54) is 12.1 Å². The summed E-state index contributed by atoms with van der Waals surface area (Å²) in [5.41, 5.74) is 3.96. The van der Waals surface area contributed by atoms with E-state index in [2.05, 4.69) is 46.6 Å². The number of carbonyl (C=O) groups excluding carboxylic acids is 1. The highest BCUT2D eigenvalue weighted by atomic mass is 19.1. The van der Waals surface area contributed by atoms with Crippen molar-refractivity contribution in [3.8, 4) is 0 Å². The van der Waals surface area contributed by atoms with Gasteiger partial charge in [0.1, 0.15) is 17.5 Å². The molecule has 39 heavy (non-hydrogen) atoms. The second-order valence-electron chi connectivity index (χ2n) is 10.2. The molecule has 1 aliphatic rings. The van der Waals surface area contributed by atoms with Gasteiger partial charge in [0.2, 0.25) is 0 Å². The first-order valence-electron chi connectivity index (χ1n) is 13.5. The average molecular weight is 527 g/mol. The Hall–Kier alpha value is -3.88. The third-order valence-electron chi connectivity index (χ3n) is 7.58. The van der Waals surface area contributed by atoms with Crippen LogP contribution in [0.1, 0.15) is 42.9 Å². The number of rotatable bonds is 8. The van der Waals surface area contributed by atoms with Gasteiger partial charge in [-0.2, -0.15) is 0 Å². The van der Waals surface area contributed by atoms with Gasteiger partial charge in [0, 0.05) is 49.5 Å². The smallest absolute Gasteiger partial charge is 0.258 e. The van der Waals surface area contributed by atoms with E-state index < -0.39 is 0 Å². The van der Waals surface area contributed by atoms with Crippen molar-refractivity contribution < 1.29 is 9.18 Å². The highest BCUT2D eigenvalue weighted by Gasteiger charge is 2.36. The molecule has 2 heterocycles. The maximum atomic E-state index is 13.7. The standard InChI is InChI=1S/C31H35FN6O/c1-5-18-35-20-23(4)37(21-22(35)3)30(38-29-13-8-7-12-28(29)33-34-38)24-10-9-11-25(19-24)31(39)36(6-2)27-16-14-26(32)15-17-27/h5,7-17,19,22-23,30H,1,6,18,20-21H2,2-4H3/t22-,23+,30?/m0/s1. The minimum atomic E-state index is -0.330. The van der Waals surface area contributed by atoms with Gasteiger partial charge in [0.15, 0.2) is 0 Å². The molecule has 0 saturated carbocycles. The molecule has 0 bridgehead atoms. The van der Waals surface area contributed by atoms with Crippen LogP contribution >= 0.6 is 0 Å². The lowest BCUT2D eigenvalue weighted by atomic mass is 10.0. The predicted molar refractivity (Wildman–Crippen MR) is 153 cm³/mol. The van der Waals surface area contributed by atoms with Crippen LogP contribution in [-0.2, 0) is 0 Å². The number of hydrogen-bond donors (Lipinski definition) is 0. The summed E-state index contributed by atoms with van der Waals surface area (Å²) in [6, 6.07) is 22.3. The van der Waals surface area contributed by atoms with Gasteiger partial charge in [-0.1, -0.05) is 35.6 Å². The van der Waals surface area contributed by atoms with Crippen LogP contribution < -0.4 is 4.90 Å². The Labute approximate surface area is 229 Å². The number of fused-ring (bicyclic) bond motifs is 1. The number of piperazine rings is 1. The molecule has 0 aliphatic carbocycles. The molecule has 1 unspecified atom stereocenters. The van der Waals surface area contributed by atoms with Crippen molar-refractivity contribution in [2.45, 2.75) is 39.0 Å². The van der Waals surface area contributed by atoms with E-state index in [9.17, 15) is 9.18 Å². The third-order valence-corrected chi connectivity index (χ3v) is 7.58. The number of benzene rings is 3. The van der Waals surface area contributed by atoms with Crippen molar-refractivity contribution >= 4 is 22.6 Å². The van der Waals surface area contributed by atoms with Crippen LogP contribution in [0.5, 0.6) is 0 Å². The average Bonchev–Trinajstić information content (AvgIpc) is 3.37. The van der Waals surface area contributed by atoms with Crippen molar-refractivity contribution in [1.29, 1.82) is 0 Å². The quantitative estimate of drug-likeness (QED) is 0.289. The largest absolute Gasteiger partial charge is 0.309 e. The van der Waals surface area contributed by atoms with Gasteiger partial charge in [-0.05, 0) is 74.9 Å². The number of hydrogen-bond acceptors (Lipinski definition) is 5. The number of aromatic nitrogens is 3. The zero-order valence-electron chi connectivity index (χ0n) is 22.7. The molecule has 3 aromatic carbocycles. The molecule has 5 rings (SSSR count). The van der Waals surface area contributed by atoms with Crippen LogP contribution in [0.3, 0.4) is 0 Å². The fourth-order valence-corrected chi connectivity index (χ4v) is 5.58. The van der Waals surface area contributed by atoms with Crippen LogP contribution in [0, 0.1) is 5.82 Å². The second-order valence-corrected chi connectivity index (χ2v) is 10.2. The molecule has 0 N–H and O–H groups in total. The Kier molecular flexibility index (Phi) is 7.86. The molecule has 202 valence electrons. The fourth-order valence-electron chi connectivity index (χ4n) is 5.58. The molecule has 8 heteroatoms. The second kappa shape index (κ2) is 11.5. The van der Waals surface area contributed by atoms with Crippen molar-refractivity contribution in [2.24, 2.45) is 0 Å². The van der Waals surface area contributed by atoms with Crippen molar-refractivity contribution in [1.82, 2.24) is 24.8 Å². The molecule has 0 radical (unpaired) electrons. The lowest BCUT2D eigenvalue weighted by Crippen LogP contribution is -2.58. The summed E-state index contributed by atoms with van der Waals surface area (Å²) < 4.78 is 15.5. The van der Waals surface area contributed by atoms with Crippen LogP contribution in [0.4, 0.5) is 10.1 Å². The molecule has 0 spiro atoms. The SMILES string of the molecule is C=CCN1C[C@@H](C)N(C(c2cccc(C(=O)N(CC)c3ccc(F)cc3)c2)n2nnc3ccccc32)C[C@@H]1C. The summed E-state index contributed by atoms with van der Waals surface area (Å²) in [7, 11) is 0. The van der Waals surface area contributed by atoms with E-state index in [0.29, 0.717) is 23.8 Å². The summed E-state index contributed by atoms with van der Waals surface area (Å²) in [5.74, 6) is -0.464. The number of anilines is 1. The summed E-state index contributed by atoms with van der Waals surface area (Å²) >= 11 is 0. The molecule has 3 atom stereocenters. The molecule has 7 nitrogen and oxygen atoms in total. The molecule has 1 saturated heterocycles. The Morgan fingerprint density at radius 3 is 2.59 bits per heavy atom. The number of halogens is 1. The van der Waals surface area contributed by atoms with E-state index in [-0.39, 0.29) is 23.9 Å². The van der Waals surface area contributed by atoms with E-state index in [1.54, 1.807) is 17.0 Å². The Balaban J connectivity index is 1.56. The number of para-hydroxylation sites is 1. The van der Waals surface area contributed by atoms with Crippen molar-refractivity contribution in [3.05, 3.63) is 102 Å². The topological polar surface area (TPSA) is 57.5 Å². The zero-order valence-corrected chi connectivity index (χ0v) is 22.7. The van der Waals surface area contributed by atoms with Gasteiger partial charge in [-0.15, -0.1) is 11.7 Å². The third kappa shape index (κ3) is 5.35. The molecule has 1 fully saturated rings. The lowest BCUT2D eigenvalue weighted by molar-refractivity contribution is 0.00786. The normalized spacial score (nSPS) is 19.2. The minimum Gasteiger partial charge on any atom is -0.309 e. The molecule has 1 aromatic heterocycles. The van der Waals surface area contributed by atoms with Gasteiger partial charge in [-0.25, -0.2) is 9.07 Å². The van der Waals surface area contributed by atoms with Crippen molar-refractivity contribution in [2.75, 3.05) is 31.1 Å². The minimum absolute atomic E-state index is 0.134. The highest BCUT2D eigenvalue weighted by Crippen LogP contribution is 2.32. The predicted octanol–water partition coefficient (Wildman–Crippen LogP) is 5.36. The molecular formula is C31H35FN6O. The van der Waals surface area contributed by atoms with Gasteiger partial charge in [0.05, 0.1) is 5.52 Å². The molecule has 4 aromatic rings. The number of nitrogens with zero attached hydrogens (tertiary/aromatic N) is 6. The maximum absolute atomic E-state index is 13.7. The Morgan fingerprint density at radius 2 is 1.85 bits per heavy atom. The van der Waals surface area contributed by atoms with Crippen molar-refractivity contribution in [3.63, 3.8) is 0 Å². The van der Waals surface area contributed by atoms with Crippen LogP contribution in [0.15, 0.2) is 85.5 Å². The number of amides is 1. The van der Waals surface area contributed by atoms with Crippen LogP contribution in [0.2, 0.25) is 0 Å². The van der Waals surface area contributed by atoms with Gasteiger partial charge < -0.3 is 4.90 Å². The van der Waals surface area contributed by atoms with E-state index in [0.717, 1.165) is 36.2 Å². The summed E-state index contributed by atoms with van der Waals surface area (Å²) in [4.78, 5) is 20.3. The van der Waals surface area contributed by atoms with Gasteiger partial charge in [-0.3, -0.25) is 14.6 Å². The molecular weight excluding hydrogens is 491 g/mol. The first-order chi connectivity index (χ1) is 18.9. The first kappa shape index (κ1) is 26.7. The fraction of sp³-hybridized carbons (Fsp3) is 0.323. The Bertz CT molecular complexity index is 1450. The summed E-state index contributed by atoms with van der Waals surface area (Å²) in [6.07, 6.45) is 1.70. The van der Waals surface area contributed by atoms with E-state index >= 15 is 0 Å². The van der Waals surface area contributed by atoms with E-state index in [4.69, 9.17) is 0 Å². The maximum Gasteiger partial charge on any atom is 0.258 e.